The van der Waals surface area contributed by atoms with Crippen LogP contribution in [0.2, 0.25) is 0 Å². The minimum atomic E-state index is -1.09. The van der Waals surface area contributed by atoms with Crippen molar-refractivity contribution < 1.29 is 33.6 Å². The zero-order valence-corrected chi connectivity index (χ0v) is 30.6. The molecule has 0 aliphatic carbocycles. The van der Waals surface area contributed by atoms with Crippen molar-refractivity contribution in [2.45, 2.75) is 102 Å². The van der Waals surface area contributed by atoms with Crippen LogP contribution in [0.4, 0.5) is 0 Å². The van der Waals surface area contributed by atoms with Crippen molar-refractivity contribution in [3.63, 3.8) is 0 Å². The Labute approximate surface area is 310 Å². The Morgan fingerprint density at radius 2 is 1.11 bits per heavy atom. The zero-order chi connectivity index (χ0) is 38.1. The minimum absolute atomic E-state index is 0.00334. The molecular weight excluding hydrogens is 678 g/mol. The molecule has 0 unspecified atom stereocenters. The number of fused-ring (bicyclic) bond motifs is 2. The van der Waals surface area contributed by atoms with E-state index in [2.05, 4.69) is 26.6 Å². The maximum Gasteiger partial charge on any atom is 0.246 e. The van der Waals surface area contributed by atoms with E-state index in [9.17, 15) is 33.6 Å². The lowest BCUT2D eigenvalue weighted by atomic mass is 10.00. The van der Waals surface area contributed by atoms with E-state index < -0.39 is 84.1 Å². The summed E-state index contributed by atoms with van der Waals surface area (Å²) in [7, 11) is 0. The van der Waals surface area contributed by atoms with Crippen LogP contribution < -0.4 is 26.6 Å². The van der Waals surface area contributed by atoms with Crippen LogP contribution in [0.15, 0.2) is 60.7 Å². The molecule has 284 valence electrons. The van der Waals surface area contributed by atoms with Gasteiger partial charge in [-0.05, 0) is 56.1 Å². The maximum absolute atomic E-state index is 14.1. The van der Waals surface area contributed by atoms with Crippen molar-refractivity contribution in [2.75, 3.05) is 19.6 Å². The van der Waals surface area contributed by atoms with Crippen LogP contribution in [0.1, 0.15) is 64.0 Å². The first kappa shape index (κ1) is 38.9. The SMILES string of the molecule is CC(C)C[C@@H]1NC(=O)[C@H](Cc2ccccc2)NC(=O)CNC(=O)[C@@H]2CCCN2C(=O)[C@H](Cc2ccccc2)NC(=O)[C@H](C)NC(=O)[C@@H]2CCCN2C1=O. The molecule has 3 heterocycles. The standard InChI is InChI=1S/C39H51N7O7/c1-24(2)20-29-38(52)46-19-11-17-32(46)37(51)41-25(3)34(48)43-30(22-27-14-8-5-9-15-27)39(53)45-18-10-16-31(45)36(50)40-23-33(47)42-28(35(49)44-29)21-26-12-6-4-7-13-26/h4-9,12-15,24-25,28-32H,10-11,16-23H2,1-3H3,(H,40,50)(H,41,51)(H,42,47)(H,43,48)(H,44,49)/t25-,28-,29-,30-,31-,32-/m0/s1. The van der Waals surface area contributed by atoms with Crippen LogP contribution in [0.3, 0.4) is 0 Å². The number of hydrogen-bond acceptors (Lipinski definition) is 7. The Kier molecular flexibility index (Phi) is 13.2. The number of benzene rings is 2. The van der Waals surface area contributed by atoms with Gasteiger partial charge in [0.2, 0.25) is 41.4 Å². The fourth-order valence-corrected chi connectivity index (χ4v) is 7.28. The van der Waals surface area contributed by atoms with Gasteiger partial charge in [-0.15, -0.1) is 0 Å². The predicted octanol–water partition coefficient (Wildman–Crippen LogP) is 0.589. The van der Waals surface area contributed by atoms with Crippen molar-refractivity contribution in [2.24, 2.45) is 5.92 Å². The summed E-state index contributed by atoms with van der Waals surface area (Å²) in [6.07, 6.45) is 2.37. The highest BCUT2D eigenvalue weighted by atomic mass is 16.2. The van der Waals surface area contributed by atoms with Crippen LogP contribution in [0.25, 0.3) is 0 Å². The molecule has 3 aliphatic rings. The van der Waals surface area contributed by atoms with Gasteiger partial charge in [-0.3, -0.25) is 33.6 Å². The molecule has 2 aromatic carbocycles. The smallest absolute Gasteiger partial charge is 0.246 e. The number of rotatable bonds is 6. The van der Waals surface area contributed by atoms with Crippen LogP contribution in [-0.2, 0) is 46.4 Å². The second-order valence-electron chi connectivity index (χ2n) is 14.6. The second kappa shape index (κ2) is 18.0. The van der Waals surface area contributed by atoms with Gasteiger partial charge >= 0.3 is 0 Å². The Morgan fingerprint density at radius 1 is 0.604 bits per heavy atom. The highest BCUT2D eigenvalue weighted by Crippen LogP contribution is 2.22. The van der Waals surface area contributed by atoms with Gasteiger partial charge in [0.15, 0.2) is 0 Å². The summed E-state index contributed by atoms with van der Waals surface area (Å²) in [5.74, 6) is -3.75. The second-order valence-corrected chi connectivity index (χ2v) is 14.6. The van der Waals surface area contributed by atoms with Gasteiger partial charge in [0.05, 0.1) is 6.54 Å². The summed E-state index contributed by atoms with van der Waals surface area (Å²) in [5, 5.41) is 13.8. The first-order valence-electron chi connectivity index (χ1n) is 18.6. The number of nitrogens with one attached hydrogen (secondary N) is 5. The molecule has 53 heavy (non-hydrogen) atoms. The Morgan fingerprint density at radius 3 is 1.68 bits per heavy atom. The summed E-state index contributed by atoms with van der Waals surface area (Å²) in [5.41, 5.74) is 1.56. The van der Waals surface area contributed by atoms with E-state index in [1.54, 1.807) is 0 Å². The highest BCUT2D eigenvalue weighted by molar-refractivity contribution is 5.98. The quantitative estimate of drug-likeness (QED) is 0.288. The number of carbonyl (C=O) groups excluding carboxylic acids is 7. The van der Waals surface area contributed by atoms with Crippen LogP contribution >= 0.6 is 0 Å². The van der Waals surface area contributed by atoms with E-state index in [0.717, 1.165) is 11.1 Å². The molecule has 14 nitrogen and oxygen atoms in total. The van der Waals surface area contributed by atoms with Gasteiger partial charge in [-0.2, -0.15) is 0 Å². The summed E-state index contributed by atoms with van der Waals surface area (Å²) in [4.78, 5) is 99.1. The van der Waals surface area contributed by atoms with E-state index in [4.69, 9.17) is 0 Å². The molecule has 5 N–H and O–H groups in total. The molecule has 0 saturated carbocycles. The molecular formula is C39H51N7O7. The normalized spacial score (nSPS) is 26.8. The van der Waals surface area contributed by atoms with Gasteiger partial charge in [0.1, 0.15) is 36.3 Å². The largest absolute Gasteiger partial charge is 0.345 e. The number of hydrogen-bond donors (Lipinski definition) is 5. The first-order chi connectivity index (χ1) is 25.4. The van der Waals surface area contributed by atoms with Gasteiger partial charge in [-0.25, -0.2) is 0 Å². The predicted molar refractivity (Wildman–Crippen MR) is 196 cm³/mol. The van der Waals surface area contributed by atoms with E-state index in [1.807, 2.05) is 74.5 Å². The first-order valence-corrected chi connectivity index (χ1v) is 18.6. The van der Waals surface area contributed by atoms with Gasteiger partial charge in [0.25, 0.3) is 0 Å². The molecule has 0 radical (unpaired) electrons. The van der Waals surface area contributed by atoms with Crippen molar-refractivity contribution in [1.29, 1.82) is 0 Å². The number of amides is 7. The summed E-state index contributed by atoms with van der Waals surface area (Å²) in [6, 6.07) is 12.3. The minimum Gasteiger partial charge on any atom is -0.345 e. The summed E-state index contributed by atoms with van der Waals surface area (Å²) < 4.78 is 0. The molecule has 6 atom stereocenters. The topological polar surface area (TPSA) is 186 Å². The third-order valence-electron chi connectivity index (χ3n) is 10.0. The van der Waals surface area contributed by atoms with Crippen molar-refractivity contribution in [3.8, 4) is 0 Å². The number of nitrogens with zero attached hydrogens (tertiary/aromatic N) is 2. The van der Waals surface area contributed by atoms with Crippen molar-refractivity contribution in [1.82, 2.24) is 36.4 Å². The van der Waals surface area contributed by atoms with E-state index >= 15 is 0 Å². The fourth-order valence-electron chi connectivity index (χ4n) is 7.28. The molecule has 0 spiro atoms. The van der Waals surface area contributed by atoms with Crippen LogP contribution in [-0.4, -0.2) is 107 Å². The van der Waals surface area contributed by atoms with Gasteiger partial charge < -0.3 is 36.4 Å². The lowest BCUT2D eigenvalue weighted by Gasteiger charge is -2.31. The third-order valence-corrected chi connectivity index (χ3v) is 10.0. The maximum atomic E-state index is 14.1. The van der Waals surface area contributed by atoms with Crippen LogP contribution in [0.5, 0.6) is 0 Å². The lowest BCUT2D eigenvalue weighted by molar-refractivity contribution is -0.143. The average Bonchev–Trinajstić information content (AvgIpc) is 3.84. The molecule has 5 rings (SSSR count). The molecule has 14 heteroatoms. The lowest BCUT2D eigenvalue weighted by Crippen LogP contribution is -2.59. The fraction of sp³-hybridized carbons (Fsp3) is 0.513. The van der Waals surface area contributed by atoms with E-state index in [-0.39, 0.29) is 38.3 Å². The van der Waals surface area contributed by atoms with Gasteiger partial charge in [0, 0.05) is 25.9 Å². The van der Waals surface area contributed by atoms with Crippen LogP contribution in [0, 0.1) is 5.92 Å². The molecule has 0 bridgehead atoms. The molecule has 3 fully saturated rings. The Bertz CT molecular complexity index is 1650. The molecule has 3 aliphatic heterocycles. The molecule has 7 amide bonds. The summed E-state index contributed by atoms with van der Waals surface area (Å²) in [6.45, 7) is 5.46. The van der Waals surface area contributed by atoms with Crippen molar-refractivity contribution >= 4 is 41.4 Å². The third kappa shape index (κ3) is 10.2. The monoisotopic (exact) mass is 729 g/mol. The highest BCUT2D eigenvalue weighted by Gasteiger charge is 2.41. The summed E-state index contributed by atoms with van der Waals surface area (Å²) >= 11 is 0. The molecule has 2 aromatic rings. The zero-order valence-electron chi connectivity index (χ0n) is 30.6. The Hall–Kier alpha value is -5.27. The Balaban J connectivity index is 1.46. The van der Waals surface area contributed by atoms with E-state index in [1.165, 1.54) is 16.7 Å². The van der Waals surface area contributed by atoms with Gasteiger partial charge in [-0.1, -0.05) is 74.5 Å². The average molecular weight is 730 g/mol. The van der Waals surface area contributed by atoms with E-state index in [0.29, 0.717) is 25.7 Å². The molecule has 3 saturated heterocycles. The van der Waals surface area contributed by atoms with Crippen molar-refractivity contribution in [3.05, 3.63) is 71.8 Å². The number of carbonyl (C=O) groups is 7. The molecule has 0 aromatic heterocycles.